The van der Waals surface area contributed by atoms with Gasteiger partial charge in [0, 0.05) is 19.1 Å². The van der Waals surface area contributed by atoms with Crippen LogP contribution in [0.2, 0.25) is 0 Å². The molecule has 0 spiro atoms. The second-order valence-electron chi connectivity index (χ2n) is 6.36. The number of unbranched alkanes of at least 4 members (excludes halogenated alkanes) is 1. The summed E-state index contributed by atoms with van der Waals surface area (Å²) in [7, 11) is 0. The number of halogens is 1. The first-order chi connectivity index (χ1) is 10.3. The molecule has 22 heavy (non-hydrogen) atoms. The van der Waals surface area contributed by atoms with Crippen molar-refractivity contribution in [2.24, 2.45) is 0 Å². The zero-order valence-corrected chi connectivity index (χ0v) is 16.3. The third kappa shape index (κ3) is 8.76. The Morgan fingerprint density at radius 2 is 2.18 bits per heavy atom. The first kappa shape index (κ1) is 19.5. The lowest BCUT2D eigenvalue weighted by Gasteiger charge is -2.22. The summed E-state index contributed by atoms with van der Waals surface area (Å²) in [6.45, 7) is 9.18. The second-order valence-corrected chi connectivity index (χ2v) is 8.65. The fourth-order valence-electron chi connectivity index (χ4n) is 1.95. The predicted octanol–water partition coefficient (Wildman–Crippen LogP) is 4.68. The number of thiophene rings is 1. The highest BCUT2D eigenvalue weighted by Crippen LogP contribution is 2.20. The lowest BCUT2D eigenvalue weighted by atomic mass is 10.1. The van der Waals surface area contributed by atoms with E-state index in [0.717, 1.165) is 29.6 Å². The molecule has 0 saturated heterocycles. The molecule has 6 heteroatoms. The van der Waals surface area contributed by atoms with Gasteiger partial charge in [-0.2, -0.15) is 0 Å². The summed E-state index contributed by atoms with van der Waals surface area (Å²) in [6, 6.07) is 2.38. The molecule has 0 aromatic carbocycles. The van der Waals surface area contributed by atoms with Gasteiger partial charge in [0.05, 0.1) is 3.79 Å². The lowest BCUT2D eigenvalue weighted by Crippen LogP contribution is -2.42. The quantitative estimate of drug-likeness (QED) is 0.676. The van der Waals surface area contributed by atoms with Gasteiger partial charge in [0.1, 0.15) is 5.60 Å². The summed E-state index contributed by atoms with van der Waals surface area (Å²) in [6.07, 6.45) is 2.97. The number of carbonyl (C=O) groups excluding carboxylic acids is 1. The van der Waals surface area contributed by atoms with Crippen molar-refractivity contribution in [1.82, 2.24) is 10.6 Å². The van der Waals surface area contributed by atoms with Gasteiger partial charge in [-0.15, -0.1) is 11.3 Å². The van der Waals surface area contributed by atoms with Gasteiger partial charge in [-0.05, 0) is 60.1 Å². The minimum atomic E-state index is -0.459. The van der Waals surface area contributed by atoms with Crippen molar-refractivity contribution in [3.05, 3.63) is 20.8 Å². The highest BCUT2D eigenvalue weighted by Gasteiger charge is 2.17. The molecule has 1 amide bonds. The Balaban J connectivity index is 2.41. The standard InChI is InChI=1S/C16H27BrN2O2S/c1-5-6-7-13(10-19-15(20)21-16(2,3)4)18-9-12-8-14(17)22-11-12/h8,11,13,18H,5-7,9-10H2,1-4H3,(H,19,20). The summed E-state index contributed by atoms with van der Waals surface area (Å²) in [4.78, 5) is 11.7. The number of alkyl carbamates (subject to hydrolysis) is 1. The largest absolute Gasteiger partial charge is 0.444 e. The van der Waals surface area contributed by atoms with E-state index in [0.29, 0.717) is 6.54 Å². The van der Waals surface area contributed by atoms with Gasteiger partial charge in [0.25, 0.3) is 0 Å². The molecule has 1 atom stereocenters. The Labute approximate surface area is 146 Å². The average Bonchev–Trinajstić information content (AvgIpc) is 2.81. The Kier molecular flexibility index (Phi) is 8.43. The Morgan fingerprint density at radius 3 is 2.73 bits per heavy atom. The van der Waals surface area contributed by atoms with E-state index >= 15 is 0 Å². The van der Waals surface area contributed by atoms with Gasteiger partial charge >= 0.3 is 6.09 Å². The highest BCUT2D eigenvalue weighted by atomic mass is 79.9. The molecular formula is C16H27BrN2O2S. The molecule has 1 aromatic heterocycles. The maximum Gasteiger partial charge on any atom is 0.407 e. The molecule has 4 nitrogen and oxygen atoms in total. The number of nitrogens with one attached hydrogen (secondary N) is 2. The van der Waals surface area contributed by atoms with Gasteiger partial charge in [-0.25, -0.2) is 4.79 Å². The second kappa shape index (κ2) is 9.53. The Hall–Kier alpha value is -0.590. The molecule has 1 aromatic rings. The van der Waals surface area contributed by atoms with E-state index in [1.165, 1.54) is 5.56 Å². The Bertz CT molecular complexity index is 457. The first-order valence-electron chi connectivity index (χ1n) is 7.73. The van der Waals surface area contributed by atoms with Crippen molar-refractivity contribution >= 4 is 33.4 Å². The number of hydrogen-bond acceptors (Lipinski definition) is 4. The Morgan fingerprint density at radius 1 is 1.45 bits per heavy atom. The number of rotatable bonds is 8. The van der Waals surface area contributed by atoms with Crippen molar-refractivity contribution in [3.8, 4) is 0 Å². The van der Waals surface area contributed by atoms with Crippen LogP contribution in [0.25, 0.3) is 0 Å². The predicted molar refractivity (Wildman–Crippen MR) is 96.4 cm³/mol. The van der Waals surface area contributed by atoms with Crippen LogP contribution in [-0.4, -0.2) is 24.3 Å². The maximum absolute atomic E-state index is 11.7. The van der Waals surface area contributed by atoms with Crippen LogP contribution < -0.4 is 10.6 Å². The molecule has 0 aliphatic rings. The van der Waals surface area contributed by atoms with Gasteiger partial charge in [-0.3, -0.25) is 0 Å². The maximum atomic E-state index is 11.7. The van der Waals surface area contributed by atoms with Crippen LogP contribution in [0.1, 0.15) is 52.5 Å². The molecule has 0 aliphatic carbocycles. The molecule has 0 radical (unpaired) electrons. The molecule has 0 fully saturated rings. The van der Waals surface area contributed by atoms with E-state index < -0.39 is 5.60 Å². The van der Waals surface area contributed by atoms with Crippen molar-refractivity contribution in [1.29, 1.82) is 0 Å². The van der Waals surface area contributed by atoms with E-state index in [1.54, 1.807) is 11.3 Å². The van der Waals surface area contributed by atoms with E-state index in [-0.39, 0.29) is 12.1 Å². The van der Waals surface area contributed by atoms with Crippen LogP contribution in [-0.2, 0) is 11.3 Å². The number of amides is 1. The minimum absolute atomic E-state index is 0.256. The van der Waals surface area contributed by atoms with E-state index in [9.17, 15) is 4.79 Å². The minimum Gasteiger partial charge on any atom is -0.444 e. The van der Waals surface area contributed by atoms with Gasteiger partial charge in [0.2, 0.25) is 0 Å². The van der Waals surface area contributed by atoms with Crippen LogP contribution >= 0.6 is 27.3 Å². The average molecular weight is 391 g/mol. The van der Waals surface area contributed by atoms with Gasteiger partial charge < -0.3 is 15.4 Å². The lowest BCUT2D eigenvalue weighted by molar-refractivity contribution is 0.0521. The van der Waals surface area contributed by atoms with Crippen LogP contribution in [0.5, 0.6) is 0 Å². The summed E-state index contributed by atoms with van der Waals surface area (Å²) >= 11 is 5.16. The van der Waals surface area contributed by atoms with Crippen LogP contribution in [0.15, 0.2) is 15.2 Å². The number of ether oxygens (including phenoxy) is 1. The molecule has 2 N–H and O–H groups in total. The van der Waals surface area contributed by atoms with E-state index in [1.807, 2.05) is 20.8 Å². The normalized spacial score (nSPS) is 13.0. The summed E-state index contributed by atoms with van der Waals surface area (Å²) < 4.78 is 6.42. The van der Waals surface area contributed by atoms with Crippen LogP contribution in [0.3, 0.4) is 0 Å². The summed E-state index contributed by atoms with van der Waals surface area (Å²) in [5, 5.41) is 8.51. The summed E-state index contributed by atoms with van der Waals surface area (Å²) in [5.74, 6) is 0. The first-order valence-corrected chi connectivity index (χ1v) is 9.40. The fraction of sp³-hybridized carbons (Fsp3) is 0.688. The third-order valence-electron chi connectivity index (χ3n) is 3.01. The SMILES string of the molecule is CCCCC(CNC(=O)OC(C)(C)C)NCc1csc(Br)c1. The van der Waals surface area contributed by atoms with E-state index in [2.05, 4.69) is 44.9 Å². The van der Waals surface area contributed by atoms with Crippen LogP contribution in [0, 0.1) is 0 Å². The molecule has 0 bridgehead atoms. The van der Waals surface area contributed by atoms with E-state index in [4.69, 9.17) is 4.74 Å². The van der Waals surface area contributed by atoms with Crippen molar-refractivity contribution in [2.45, 2.75) is 65.1 Å². The highest BCUT2D eigenvalue weighted by molar-refractivity contribution is 9.11. The zero-order chi connectivity index (χ0) is 16.6. The van der Waals surface area contributed by atoms with Crippen molar-refractivity contribution in [3.63, 3.8) is 0 Å². The third-order valence-corrected chi connectivity index (χ3v) is 4.57. The molecule has 1 rings (SSSR count). The fourth-order valence-corrected chi connectivity index (χ4v) is 3.16. The smallest absolute Gasteiger partial charge is 0.407 e. The number of carbonyl (C=O) groups is 1. The van der Waals surface area contributed by atoms with Gasteiger partial charge in [0.15, 0.2) is 0 Å². The molecular weight excluding hydrogens is 364 g/mol. The summed E-state index contributed by atoms with van der Waals surface area (Å²) in [5.41, 5.74) is 0.801. The monoisotopic (exact) mass is 390 g/mol. The molecule has 126 valence electrons. The van der Waals surface area contributed by atoms with Crippen LogP contribution in [0.4, 0.5) is 4.79 Å². The number of hydrogen-bond donors (Lipinski definition) is 2. The van der Waals surface area contributed by atoms with Gasteiger partial charge in [-0.1, -0.05) is 19.8 Å². The topological polar surface area (TPSA) is 50.4 Å². The molecule has 0 aliphatic heterocycles. The van der Waals surface area contributed by atoms with Crippen molar-refractivity contribution in [2.75, 3.05) is 6.54 Å². The van der Waals surface area contributed by atoms with Crippen molar-refractivity contribution < 1.29 is 9.53 Å². The molecule has 1 heterocycles. The molecule has 0 saturated carbocycles. The zero-order valence-electron chi connectivity index (χ0n) is 13.9. The molecule has 1 unspecified atom stereocenters.